The van der Waals surface area contributed by atoms with E-state index in [0.29, 0.717) is 29.3 Å². The van der Waals surface area contributed by atoms with Crippen LogP contribution in [-0.4, -0.2) is 26.1 Å². The van der Waals surface area contributed by atoms with Crippen molar-refractivity contribution in [2.24, 2.45) is 0 Å². The number of hydrogen-bond donors (Lipinski definition) is 2. The summed E-state index contributed by atoms with van der Waals surface area (Å²) in [6.07, 6.45) is 0.424. The Labute approximate surface area is 160 Å². The highest BCUT2D eigenvalue weighted by Gasteiger charge is 2.16. The molecule has 0 aliphatic heterocycles. The minimum Gasteiger partial charge on any atom is -0.493 e. The largest absolute Gasteiger partial charge is 0.493 e. The van der Waals surface area contributed by atoms with Gasteiger partial charge in [-0.1, -0.05) is 26.0 Å². The molecule has 0 bridgehead atoms. The molecule has 6 nitrogen and oxygen atoms in total. The molecule has 0 spiro atoms. The summed E-state index contributed by atoms with van der Waals surface area (Å²) < 4.78 is 33.5. The fourth-order valence-electron chi connectivity index (χ4n) is 2.53. The van der Waals surface area contributed by atoms with Gasteiger partial charge in [-0.3, -0.25) is 9.52 Å². The number of benzene rings is 2. The van der Waals surface area contributed by atoms with Crippen molar-refractivity contribution < 1.29 is 23.1 Å². The molecule has 0 unspecified atom stereocenters. The van der Waals surface area contributed by atoms with Gasteiger partial charge in [-0.25, -0.2) is 8.42 Å². The third-order valence-electron chi connectivity index (χ3n) is 4.05. The Morgan fingerprint density at radius 3 is 2.56 bits per heavy atom. The maximum Gasteiger partial charge on any atom is 0.303 e. The molecular formula is C20H25NO5S. The number of aliphatic carboxylic acids is 1. The molecule has 0 atom stereocenters. The number of carboxylic acids is 1. The van der Waals surface area contributed by atoms with Gasteiger partial charge in [0.05, 0.1) is 11.5 Å². The first-order chi connectivity index (χ1) is 12.7. The van der Waals surface area contributed by atoms with Crippen molar-refractivity contribution in [3.05, 3.63) is 53.6 Å². The third kappa shape index (κ3) is 5.99. The zero-order valence-electron chi connectivity index (χ0n) is 15.7. The average molecular weight is 391 g/mol. The summed E-state index contributed by atoms with van der Waals surface area (Å²) in [5.41, 5.74) is 2.24. The van der Waals surface area contributed by atoms with Crippen molar-refractivity contribution in [1.29, 1.82) is 0 Å². The van der Waals surface area contributed by atoms with E-state index in [1.807, 2.05) is 32.0 Å². The van der Waals surface area contributed by atoms with E-state index < -0.39 is 16.0 Å². The Kier molecular flexibility index (Phi) is 6.85. The Morgan fingerprint density at radius 1 is 1.19 bits per heavy atom. The molecule has 0 aliphatic carbocycles. The van der Waals surface area contributed by atoms with Crippen molar-refractivity contribution in [3.8, 4) is 5.75 Å². The Balaban J connectivity index is 2.11. The van der Waals surface area contributed by atoms with Gasteiger partial charge in [-0.05, 0) is 60.7 Å². The quantitative estimate of drug-likeness (QED) is 0.626. The third-order valence-corrected chi connectivity index (χ3v) is 5.43. The van der Waals surface area contributed by atoms with Gasteiger partial charge in [-0.15, -0.1) is 0 Å². The van der Waals surface area contributed by atoms with E-state index in [2.05, 4.69) is 4.72 Å². The van der Waals surface area contributed by atoms with Gasteiger partial charge >= 0.3 is 5.97 Å². The van der Waals surface area contributed by atoms with E-state index in [9.17, 15) is 13.2 Å². The number of nitrogens with one attached hydrogen (secondary N) is 1. The van der Waals surface area contributed by atoms with Crippen LogP contribution in [0.15, 0.2) is 47.4 Å². The monoisotopic (exact) mass is 391 g/mol. The number of sulfonamides is 1. The van der Waals surface area contributed by atoms with Crippen molar-refractivity contribution >= 4 is 21.7 Å². The van der Waals surface area contributed by atoms with Crippen LogP contribution in [0.4, 0.5) is 5.69 Å². The van der Waals surface area contributed by atoms with Gasteiger partial charge in [0.25, 0.3) is 10.0 Å². The number of hydrogen-bond acceptors (Lipinski definition) is 4. The Bertz CT molecular complexity index is 906. The summed E-state index contributed by atoms with van der Waals surface area (Å²) in [6, 6.07) is 11.9. The lowest BCUT2D eigenvalue weighted by atomic mass is 10.0. The van der Waals surface area contributed by atoms with E-state index in [4.69, 9.17) is 9.84 Å². The SMILES string of the molecule is Cc1cc(S(=O)(=O)Nc2cccc(C(C)C)c2)ccc1OCCCC(=O)O. The summed E-state index contributed by atoms with van der Waals surface area (Å²) in [4.78, 5) is 10.7. The zero-order valence-corrected chi connectivity index (χ0v) is 16.5. The molecule has 0 aromatic heterocycles. The zero-order chi connectivity index (χ0) is 20.0. The molecule has 2 aromatic rings. The molecule has 27 heavy (non-hydrogen) atoms. The molecule has 0 fully saturated rings. The minimum absolute atomic E-state index is 0.0326. The van der Waals surface area contributed by atoms with E-state index >= 15 is 0 Å². The normalized spacial score (nSPS) is 11.4. The van der Waals surface area contributed by atoms with Crippen LogP contribution in [0.5, 0.6) is 5.75 Å². The lowest BCUT2D eigenvalue weighted by Gasteiger charge is -2.13. The summed E-state index contributed by atoms with van der Waals surface area (Å²) in [6.45, 7) is 6.11. The van der Waals surface area contributed by atoms with E-state index in [1.54, 1.807) is 25.1 Å². The molecule has 0 heterocycles. The molecule has 0 radical (unpaired) electrons. The first kappa shape index (κ1) is 20.8. The number of ether oxygens (including phenoxy) is 1. The summed E-state index contributed by atoms with van der Waals surface area (Å²) >= 11 is 0. The highest BCUT2D eigenvalue weighted by Crippen LogP contribution is 2.25. The predicted molar refractivity (Wildman–Crippen MR) is 105 cm³/mol. The van der Waals surface area contributed by atoms with E-state index in [1.165, 1.54) is 6.07 Å². The molecule has 0 aliphatic rings. The first-order valence-electron chi connectivity index (χ1n) is 8.77. The number of rotatable bonds is 9. The molecule has 0 saturated carbocycles. The maximum atomic E-state index is 12.7. The molecule has 146 valence electrons. The number of aryl methyl sites for hydroxylation is 1. The second kappa shape index (κ2) is 8.90. The fourth-order valence-corrected chi connectivity index (χ4v) is 3.67. The molecule has 0 saturated heterocycles. The van der Waals surface area contributed by atoms with Gasteiger partial charge < -0.3 is 9.84 Å². The fraction of sp³-hybridized carbons (Fsp3) is 0.350. The highest BCUT2D eigenvalue weighted by molar-refractivity contribution is 7.92. The van der Waals surface area contributed by atoms with Gasteiger partial charge in [0.1, 0.15) is 5.75 Å². The van der Waals surface area contributed by atoms with Crippen LogP contribution < -0.4 is 9.46 Å². The minimum atomic E-state index is -3.71. The number of anilines is 1. The second-order valence-corrected chi connectivity index (χ2v) is 8.34. The number of carboxylic acid groups (broad SMARTS) is 1. The van der Waals surface area contributed by atoms with Crippen LogP contribution in [0.25, 0.3) is 0 Å². The Hall–Kier alpha value is -2.54. The van der Waals surface area contributed by atoms with Gasteiger partial charge in [0, 0.05) is 12.1 Å². The lowest BCUT2D eigenvalue weighted by molar-refractivity contribution is -0.137. The molecular weight excluding hydrogens is 366 g/mol. The molecule has 2 aromatic carbocycles. The predicted octanol–water partition coefficient (Wildman–Crippen LogP) is 4.16. The van der Waals surface area contributed by atoms with Crippen LogP contribution in [0.3, 0.4) is 0 Å². The van der Waals surface area contributed by atoms with Gasteiger partial charge in [-0.2, -0.15) is 0 Å². The van der Waals surface area contributed by atoms with Crippen molar-refractivity contribution in [2.75, 3.05) is 11.3 Å². The maximum absolute atomic E-state index is 12.7. The molecule has 2 N–H and O–H groups in total. The molecule has 7 heteroatoms. The second-order valence-electron chi connectivity index (χ2n) is 6.66. The van der Waals surface area contributed by atoms with Gasteiger partial charge in [0.15, 0.2) is 0 Å². The van der Waals surface area contributed by atoms with Crippen molar-refractivity contribution in [3.63, 3.8) is 0 Å². The van der Waals surface area contributed by atoms with E-state index in [0.717, 1.165) is 5.56 Å². The molecule has 2 rings (SSSR count). The van der Waals surface area contributed by atoms with Crippen LogP contribution in [0.2, 0.25) is 0 Å². The molecule has 0 amide bonds. The smallest absolute Gasteiger partial charge is 0.303 e. The van der Waals surface area contributed by atoms with Crippen LogP contribution >= 0.6 is 0 Å². The number of carbonyl (C=O) groups is 1. The van der Waals surface area contributed by atoms with Gasteiger partial charge in [0.2, 0.25) is 0 Å². The van der Waals surface area contributed by atoms with Crippen LogP contribution in [0.1, 0.15) is 43.7 Å². The highest BCUT2D eigenvalue weighted by atomic mass is 32.2. The van der Waals surface area contributed by atoms with E-state index in [-0.39, 0.29) is 17.9 Å². The van der Waals surface area contributed by atoms with Crippen molar-refractivity contribution in [1.82, 2.24) is 0 Å². The van der Waals surface area contributed by atoms with Crippen molar-refractivity contribution in [2.45, 2.75) is 44.4 Å². The standard InChI is InChI=1S/C20H25NO5S/c1-14(2)16-6-4-7-17(13-16)21-27(24,25)18-9-10-19(15(3)12-18)26-11-5-8-20(22)23/h4,6-7,9-10,12-14,21H,5,8,11H2,1-3H3,(H,22,23). The summed E-state index contributed by atoms with van der Waals surface area (Å²) in [5, 5.41) is 8.63. The topological polar surface area (TPSA) is 92.7 Å². The summed E-state index contributed by atoms with van der Waals surface area (Å²) in [5.74, 6) is -0.0280. The Morgan fingerprint density at radius 2 is 1.93 bits per heavy atom. The average Bonchev–Trinajstić information content (AvgIpc) is 2.59. The first-order valence-corrected chi connectivity index (χ1v) is 10.3. The summed E-state index contributed by atoms with van der Waals surface area (Å²) in [7, 11) is -3.71. The lowest BCUT2D eigenvalue weighted by Crippen LogP contribution is -2.13. The van der Waals surface area contributed by atoms with Crippen LogP contribution in [0, 0.1) is 6.92 Å². The van der Waals surface area contributed by atoms with Crippen LogP contribution in [-0.2, 0) is 14.8 Å².